The molecule has 0 fully saturated rings. The highest BCUT2D eigenvalue weighted by Gasteiger charge is 2.24. The fourth-order valence-electron chi connectivity index (χ4n) is 4.36. The highest BCUT2D eigenvalue weighted by Crippen LogP contribution is 2.43. The second kappa shape index (κ2) is 6.03. The van der Waals surface area contributed by atoms with E-state index in [1.54, 1.807) is 11.3 Å². The lowest BCUT2D eigenvalue weighted by Crippen LogP contribution is -2.16. The molecule has 29 heavy (non-hydrogen) atoms. The van der Waals surface area contributed by atoms with Gasteiger partial charge in [0, 0.05) is 12.9 Å². The molecule has 0 saturated heterocycles. The first-order chi connectivity index (χ1) is 14.2. The number of hydrogen-bond acceptors (Lipinski definition) is 1. The molecule has 0 spiro atoms. The molecule has 0 unspecified atom stereocenters. The summed E-state index contributed by atoms with van der Waals surface area (Å²) in [7, 11) is 0. The van der Waals surface area contributed by atoms with E-state index in [-0.39, 0.29) is 0 Å². The molecule has 138 valence electrons. The Balaban J connectivity index is 1.59. The molecule has 0 aliphatic carbocycles. The zero-order valence-corrected chi connectivity index (χ0v) is 16.8. The minimum Gasteiger partial charge on any atom is -0.330 e. The van der Waals surface area contributed by atoms with Gasteiger partial charge in [0.15, 0.2) is 11.3 Å². The third-order valence-corrected chi connectivity index (χ3v) is 6.87. The van der Waals surface area contributed by atoms with Gasteiger partial charge < -0.3 is 4.58 Å². The van der Waals surface area contributed by atoms with Crippen molar-refractivity contribution >= 4 is 60.9 Å². The molecular formula is C26H18N2S. The van der Waals surface area contributed by atoms with Crippen LogP contribution in [0.5, 0.6) is 0 Å². The van der Waals surface area contributed by atoms with Gasteiger partial charge in [-0.3, -0.25) is 0 Å². The normalized spacial score (nSPS) is 13.6. The average molecular weight is 391 g/mol. The summed E-state index contributed by atoms with van der Waals surface area (Å²) in [5, 5.41) is 5.00. The van der Waals surface area contributed by atoms with E-state index in [1.807, 2.05) is 12.3 Å². The van der Waals surface area contributed by atoms with Crippen molar-refractivity contribution in [3.05, 3.63) is 95.7 Å². The molecular weight excluding hydrogens is 372 g/mol. The van der Waals surface area contributed by atoms with Gasteiger partial charge in [-0.2, -0.15) is 6.08 Å². The fourth-order valence-corrected chi connectivity index (χ4v) is 5.51. The Labute approximate surface area is 173 Å². The Morgan fingerprint density at radius 3 is 2.79 bits per heavy atom. The van der Waals surface area contributed by atoms with Crippen molar-refractivity contribution in [2.45, 2.75) is 6.92 Å². The first-order valence-electron chi connectivity index (χ1n) is 9.66. The van der Waals surface area contributed by atoms with E-state index in [0.717, 1.165) is 16.6 Å². The SMILES string of the molecule is C=[N+]1c2ccc3ccccc3c2C=C[C-]1c1cc(C)cc2c3cccnc3[s+][c-]12. The van der Waals surface area contributed by atoms with Crippen LogP contribution in [0.1, 0.15) is 16.7 Å². The summed E-state index contributed by atoms with van der Waals surface area (Å²) in [5.74, 6) is 0. The average Bonchev–Trinajstić information content (AvgIpc) is 3.12. The topological polar surface area (TPSA) is 15.9 Å². The first kappa shape index (κ1) is 16.5. The summed E-state index contributed by atoms with van der Waals surface area (Å²) in [6.45, 7) is 6.59. The van der Waals surface area contributed by atoms with E-state index in [2.05, 4.69) is 90.0 Å². The van der Waals surface area contributed by atoms with Crippen molar-refractivity contribution in [1.29, 1.82) is 0 Å². The quantitative estimate of drug-likeness (QED) is 0.173. The largest absolute Gasteiger partial charge is 0.330 e. The summed E-state index contributed by atoms with van der Waals surface area (Å²) < 4.78 is 3.34. The zero-order valence-electron chi connectivity index (χ0n) is 16.0. The van der Waals surface area contributed by atoms with Crippen LogP contribution in [0.3, 0.4) is 0 Å². The van der Waals surface area contributed by atoms with Crippen molar-refractivity contribution in [1.82, 2.24) is 4.98 Å². The molecule has 0 saturated carbocycles. The number of pyridine rings is 1. The third kappa shape index (κ3) is 2.38. The number of hydrogen-bond donors (Lipinski definition) is 0. The summed E-state index contributed by atoms with van der Waals surface area (Å²) in [4.78, 5) is 5.67. The smallest absolute Gasteiger partial charge is 0.316 e. The molecule has 0 radical (unpaired) electrons. The van der Waals surface area contributed by atoms with Crippen LogP contribution >= 0.6 is 11.3 Å². The number of aryl methyl sites for hydroxylation is 1. The Hall–Kier alpha value is -3.43. The zero-order chi connectivity index (χ0) is 19.5. The minimum absolute atomic E-state index is 1.08. The van der Waals surface area contributed by atoms with E-state index in [9.17, 15) is 0 Å². The lowest BCUT2D eigenvalue weighted by atomic mass is 9.93. The van der Waals surface area contributed by atoms with Crippen LogP contribution in [-0.4, -0.2) is 16.3 Å². The highest BCUT2D eigenvalue weighted by atomic mass is 32.1. The Morgan fingerprint density at radius 2 is 1.86 bits per heavy atom. The summed E-state index contributed by atoms with van der Waals surface area (Å²) in [6.07, 6.45) is 6.30. The number of rotatable bonds is 1. The van der Waals surface area contributed by atoms with Crippen LogP contribution in [0.2, 0.25) is 0 Å². The summed E-state index contributed by atoms with van der Waals surface area (Å²) in [6, 6.07) is 22.7. The fraction of sp³-hybridized carbons (Fsp3) is 0.0385. The Morgan fingerprint density at radius 1 is 1.00 bits per heavy atom. The minimum atomic E-state index is 1.08. The van der Waals surface area contributed by atoms with E-state index in [4.69, 9.17) is 0 Å². The second-order valence-electron chi connectivity index (χ2n) is 7.51. The monoisotopic (exact) mass is 390 g/mol. The molecule has 3 heterocycles. The number of nitrogens with zero attached hydrogens (tertiary/aromatic N) is 2. The van der Waals surface area contributed by atoms with Crippen molar-refractivity contribution in [2.75, 3.05) is 0 Å². The van der Waals surface area contributed by atoms with E-state index in [0.29, 0.717) is 0 Å². The van der Waals surface area contributed by atoms with Gasteiger partial charge in [-0.15, -0.1) is 17.7 Å². The van der Waals surface area contributed by atoms with Crippen LogP contribution in [0, 0.1) is 13.0 Å². The second-order valence-corrected chi connectivity index (χ2v) is 8.51. The predicted molar refractivity (Wildman–Crippen MR) is 124 cm³/mol. The number of thiophene rings is 1. The molecule has 2 aromatic heterocycles. The van der Waals surface area contributed by atoms with Gasteiger partial charge >= 0.3 is 4.83 Å². The molecule has 0 N–H and O–H groups in total. The molecule has 0 atom stereocenters. The lowest BCUT2D eigenvalue weighted by molar-refractivity contribution is -0.400. The van der Waals surface area contributed by atoms with Crippen LogP contribution in [0.4, 0.5) is 5.69 Å². The van der Waals surface area contributed by atoms with Crippen molar-refractivity contribution in [3.63, 3.8) is 0 Å². The van der Waals surface area contributed by atoms with E-state index < -0.39 is 0 Å². The molecule has 0 bridgehead atoms. The predicted octanol–water partition coefficient (Wildman–Crippen LogP) is 6.86. The molecule has 0 amide bonds. The number of benzene rings is 3. The van der Waals surface area contributed by atoms with Gasteiger partial charge in [0.2, 0.25) is 0 Å². The standard InChI is InChI=1S/C26H18N2S/c1-16-14-21-20-8-5-13-27-26(20)29-25(21)22(15-16)24-12-10-19-18-7-4-3-6-17(18)9-11-23(19)28(24)2/h3-15H,2H2,1H3. The van der Waals surface area contributed by atoms with Gasteiger partial charge in [0.25, 0.3) is 0 Å². The van der Waals surface area contributed by atoms with Crippen molar-refractivity contribution in [2.24, 2.45) is 0 Å². The first-order valence-corrected chi connectivity index (χ1v) is 10.5. The van der Waals surface area contributed by atoms with Gasteiger partial charge in [-0.1, -0.05) is 54.4 Å². The molecule has 6 rings (SSSR count). The van der Waals surface area contributed by atoms with Crippen LogP contribution in [0.15, 0.2) is 72.9 Å². The lowest BCUT2D eigenvalue weighted by Gasteiger charge is -2.29. The van der Waals surface area contributed by atoms with Crippen LogP contribution in [-0.2, 0) is 0 Å². The maximum Gasteiger partial charge on any atom is 0.316 e. The number of aromatic nitrogens is 1. The van der Waals surface area contributed by atoms with Gasteiger partial charge in [-0.05, 0) is 34.4 Å². The molecule has 3 heteroatoms. The maximum atomic E-state index is 4.59. The molecule has 3 aromatic carbocycles. The van der Waals surface area contributed by atoms with Gasteiger partial charge in [-0.25, -0.2) is 4.98 Å². The van der Waals surface area contributed by atoms with Crippen LogP contribution in [0.25, 0.3) is 37.2 Å². The molecule has 1 aliphatic heterocycles. The number of fused-ring (bicyclic) bond motifs is 6. The van der Waals surface area contributed by atoms with E-state index in [1.165, 1.54) is 42.9 Å². The van der Waals surface area contributed by atoms with E-state index >= 15 is 0 Å². The third-order valence-electron chi connectivity index (χ3n) is 5.71. The van der Waals surface area contributed by atoms with Crippen molar-refractivity contribution in [3.8, 4) is 0 Å². The Kier molecular flexibility index (Phi) is 3.44. The molecule has 2 nitrogen and oxygen atoms in total. The highest BCUT2D eigenvalue weighted by molar-refractivity contribution is 7.25. The Bertz CT molecular complexity index is 1490. The van der Waals surface area contributed by atoms with Crippen molar-refractivity contribution < 1.29 is 4.58 Å². The molecule has 1 aliphatic rings. The van der Waals surface area contributed by atoms with Crippen LogP contribution < -0.4 is 0 Å². The summed E-state index contributed by atoms with van der Waals surface area (Å²) >= 11 is 1.76. The molecule has 5 aromatic rings. The maximum absolute atomic E-state index is 4.59. The van der Waals surface area contributed by atoms with Gasteiger partial charge in [0.05, 0.1) is 11.4 Å². The summed E-state index contributed by atoms with van der Waals surface area (Å²) in [5.41, 5.74) is 4.82. The van der Waals surface area contributed by atoms with Gasteiger partial charge in [0.1, 0.15) is 10.4 Å².